The highest BCUT2D eigenvalue weighted by Crippen LogP contribution is 2.33. The zero-order valence-electron chi connectivity index (χ0n) is 15.6. The van der Waals surface area contributed by atoms with Gasteiger partial charge >= 0.3 is 0 Å². The van der Waals surface area contributed by atoms with Crippen LogP contribution in [0.1, 0.15) is 5.56 Å². The first kappa shape index (κ1) is 19.0. The molecule has 1 unspecified atom stereocenters. The number of amidine groups is 1. The molecule has 0 aliphatic carbocycles. The Morgan fingerprint density at radius 1 is 1.00 bits per heavy atom. The zero-order chi connectivity index (χ0) is 19.3. The first-order valence-electron chi connectivity index (χ1n) is 9.45. The molecular weight excluding hydrogens is 374 g/mol. The number of piperazine rings is 1. The summed E-state index contributed by atoms with van der Waals surface area (Å²) in [6.45, 7) is 5.02. The third kappa shape index (κ3) is 3.92. The molecule has 0 bridgehead atoms. The maximum absolute atomic E-state index is 13.2. The lowest BCUT2D eigenvalue weighted by molar-refractivity contribution is -0.112. The molecule has 1 fully saturated rings. The van der Waals surface area contributed by atoms with Crippen LogP contribution in [-0.4, -0.2) is 72.1 Å². The van der Waals surface area contributed by atoms with E-state index in [0.717, 1.165) is 65.9 Å². The van der Waals surface area contributed by atoms with Gasteiger partial charge in [-0.1, -0.05) is 30.3 Å². The molecule has 2 heterocycles. The predicted octanol–water partition coefficient (Wildman–Crippen LogP) is 2.08. The summed E-state index contributed by atoms with van der Waals surface area (Å²) in [5.74, 6) is 0.894. The Labute approximate surface area is 167 Å². The average molecular weight is 398 g/mol. The summed E-state index contributed by atoms with van der Waals surface area (Å²) in [5.41, 5.74) is 1.72. The standard InChI is InChI=1S/C21H23N3O3S/c25-14-16-27-15-13-23-9-11-24(12-10-23)21-17-5-1-3-7-19(17)28(26)20-8-4-2-6-18(20)22-21/h1-8,14H,9-13,15-16H2. The average Bonchev–Trinajstić information content (AvgIpc) is 2.87. The van der Waals surface area contributed by atoms with E-state index >= 15 is 0 Å². The molecule has 0 amide bonds. The number of carbonyl (C=O) groups is 1. The summed E-state index contributed by atoms with van der Waals surface area (Å²) in [6.07, 6.45) is 0.779. The van der Waals surface area contributed by atoms with E-state index in [0.29, 0.717) is 6.61 Å². The second-order valence-electron chi connectivity index (χ2n) is 6.74. The highest BCUT2D eigenvalue weighted by molar-refractivity contribution is 7.85. The fourth-order valence-corrected chi connectivity index (χ4v) is 4.87. The summed E-state index contributed by atoms with van der Waals surface area (Å²) in [5, 5.41) is 0. The number of rotatable bonds is 5. The van der Waals surface area contributed by atoms with Gasteiger partial charge in [0.25, 0.3) is 0 Å². The van der Waals surface area contributed by atoms with Crippen molar-refractivity contribution in [2.45, 2.75) is 9.79 Å². The van der Waals surface area contributed by atoms with Gasteiger partial charge in [0, 0.05) is 38.3 Å². The van der Waals surface area contributed by atoms with Crippen LogP contribution in [0.3, 0.4) is 0 Å². The van der Waals surface area contributed by atoms with E-state index in [2.05, 4.69) is 9.80 Å². The van der Waals surface area contributed by atoms with Crippen molar-refractivity contribution in [3.63, 3.8) is 0 Å². The largest absolute Gasteiger partial charge is 0.373 e. The number of hydrogen-bond acceptors (Lipinski definition) is 6. The second kappa shape index (κ2) is 8.77. The highest BCUT2D eigenvalue weighted by atomic mass is 32.2. The Hall–Kier alpha value is -2.35. The molecule has 28 heavy (non-hydrogen) atoms. The van der Waals surface area contributed by atoms with Crippen LogP contribution in [0.4, 0.5) is 5.69 Å². The van der Waals surface area contributed by atoms with Crippen LogP contribution in [0, 0.1) is 0 Å². The molecule has 146 valence electrons. The molecule has 1 atom stereocenters. The van der Waals surface area contributed by atoms with Gasteiger partial charge in [-0.25, -0.2) is 9.20 Å². The van der Waals surface area contributed by atoms with E-state index in [9.17, 15) is 9.00 Å². The van der Waals surface area contributed by atoms with E-state index < -0.39 is 10.8 Å². The third-order valence-electron chi connectivity index (χ3n) is 5.03. The Kier molecular flexibility index (Phi) is 5.95. The topological polar surface area (TPSA) is 62.2 Å². The zero-order valence-corrected chi connectivity index (χ0v) is 16.4. The summed E-state index contributed by atoms with van der Waals surface area (Å²) in [6, 6.07) is 15.5. The number of para-hydroxylation sites is 1. The van der Waals surface area contributed by atoms with Gasteiger partial charge in [-0.3, -0.25) is 4.90 Å². The number of carbonyl (C=O) groups excluding carboxylic acids is 1. The molecule has 0 saturated carbocycles. The molecule has 2 aliphatic rings. The molecule has 0 radical (unpaired) electrons. The minimum Gasteiger partial charge on any atom is -0.373 e. The van der Waals surface area contributed by atoms with Gasteiger partial charge in [-0.2, -0.15) is 0 Å². The van der Waals surface area contributed by atoms with Crippen LogP contribution >= 0.6 is 0 Å². The molecule has 2 aliphatic heterocycles. The van der Waals surface area contributed by atoms with Crippen molar-refractivity contribution in [1.82, 2.24) is 9.80 Å². The number of nitrogens with zero attached hydrogens (tertiary/aromatic N) is 3. The molecule has 4 rings (SSSR count). The molecule has 2 aromatic rings. The number of hydrogen-bond donors (Lipinski definition) is 0. The van der Waals surface area contributed by atoms with Gasteiger partial charge in [-0.05, 0) is 18.2 Å². The second-order valence-corrected chi connectivity index (χ2v) is 8.16. The van der Waals surface area contributed by atoms with Crippen LogP contribution in [-0.2, 0) is 20.3 Å². The van der Waals surface area contributed by atoms with Gasteiger partial charge < -0.3 is 14.4 Å². The lowest BCUT2D eigenvalue weighted by Gasteiger charge is -2.36. The quantitative estimate of drug-likeness (QED) is 0.571. The van der Waals surface area contributed by atoms with Crippen LogP contribution in [0.25, 0.3) is 0 Å². The van der Waals surface area contributed by atoms with Gasteiger partial charge in [0.1, 0.15) is 18.7 Å². The first-order valence-corrected chi connectivity index (χ1v) is 10.6. The molecule has 7 heteroatoms. The van der Waals surface area contributed by atoms with E-state index in [1.54, 1.807) is 0 Å². The lowest BCUT2D eigenvalue weighted by atomic mass is 10.1. The summed E-state index contributed by atoms with van der Waals surface area (Å²) in [7, 11) is -1.24. The predicted molar refractivity (Wildman–Crippen MR) is 109 cm³/mol. The smallest absolute Gasteiger partial charge is 0.145 e. The van der Waals surface area contributed by atoms with E-state index in [-0.39, 0.29) is 6.61 Å². The minimum absolute atomic E-state index is 0.157. The van der Waals surface area contributed by atoms with Crippen molar-refractivity contribution in [2.75, 3.05) is 45.9 Å². The number of ether oxygens (including phenoxy) is 1. The minimum atomic E-state index is -1.24. The van der Waals surface area contributed by atoms with E-state index in [1.165, 1.54) is 0 Å². The van der Waals surface area contributed by atoms with E-state index in [4.69, 9.17) is 9.73 Å². The molecular formula is C21H23N3O3S. The summed E-state index contributed by atoms with van der Waals surface area (Å²) >= 11 is 0. The van der Waals surface area contributed by atoms with Crippen molar-refractivity contribution in [2.24, 2.45) is 4.99 Å². The normalized spacial score (nSPS) is 19.4. The van der Waals surface area contributed by atoms with Gasteiger partial charge in [0.2, 0.25) is 0 Å². The fraction of sp³-hybridized carbons (Fsp3) is 0.333. The number of aldehydes is 1. The highest BCUT2D eigenvalue weighted by Gasteiger charge is 2.27. The van der Waals surface area contributed by atoms with Crippen LogP contribution in [0.5, 0.6) is 0 Å². The number of aliphatic imine (C=N–C) groups is 1. The molecule has 0 spiro atoms. The van der Waals surface area contributed by atoms with Crippen LogP contribution in [0.15, 0.2) is 63.3 Å². The maximum atomic E-state index is 13.2. The van der Waals surface area contributed by atoms with Crippen molar-refractivity contribution < 1.29 is 13.7 Å². The van der Waals surface area contributed by atoms with Crippen LogP contribution < -0.4 is 0 Å². The number of benzene rings is 2. The van der Waals surface area contributed by atoms with E-state index in [1.807, 2.05) is 48.5 Å². The molecule has 0 N–H and O–H groups in total. The maximum Gasteiger partial charge on any atom is 0.145 e. The lowest BCUT2D eigenvalue weighted by Crippen LogP contribution is -2.49. The van der Waals surface area contributed by atoms with Gasteiger partial charge in [0.05, 0.1) is 32.9 Å². The molecule has 6 nitrogen and oxygen atoms in total. The van der Waals surface area contributed by atoms with Crippen molar-refractivity contribution in [3.05, 3.63) is 54.1 Å². The SMILES string of the molecule is O=CCOCCN1CCN(C2=Nc3ccccc3S(=O)c3ccccc32)CC1. The molecule has 2 aromatic carbocycles. The Balaban J connectivity index is 1.56. The monoisotopic (exact) mass is 397 g/mol. The first-order chi connectivity index (χ1) is 13.8. The van der Waals surface area contributed by atoms with Gasteiger partial charge in [-0.15, -0.1) is 0 Å². The molecule has 0 aromatic heterocycles. The molecule has 1 saturated heterocycles. The van der Waals surface area contributed by atoms with Crippen LogP contribution in [0.2, 0.25) is 0 Å². The Morgan fingerprint density at radius 3 is 2.50 bits per heavy atom. The summed E-state index contributed by atoms with van der Waals surface area (Å²) < 4.78 is 18.4. The van der Waals surface area contributed by atoms with Gasteiger partial charge in [0.15, 0.2) is 0 Å². The number of fused-ring (bicyclic) bond motifs is 2. The Morgan fingerprint density at radius 2 is 1.71 bits per heavy atom. The Bertz CT molecular complexity index is 907. The van der Waals surface area contributed by atoms with Crippen molar-refractivity contribution in [1.29, 1.82) is 0 Å². The third-order valence-corrected chi connectivity index (χ3v) is 6.53. The fourth-order valence-electron chi connectivity index (χ4n) is 3.56. The van der Waals surface area contributed by atoms with Crippen molar-refractivity contribution >= 4 is 28.6 Å². The van der Waals surface area contributed by atoms with Crippen molar-refractivity contribution in [3.8, 4) is 0 Å². The summed E-state index contributed by atoms with van der Waals surface area (Å²) in [4.78, 5) is 21.5.